The summed E-state index contributed by atoms with van der Waals surface area (Å²) in [6.45, 7) is 0. The first-order chi connectivity index (χ1) is 11.8. The predicted molar refractivity (Wildman–Crippen MR) is 101 cm³/mol. The van der Waals surface area contributed by atoms with E-state index in [2.05, 4.69) is 38.5 Å². The Kier molecular flexibility index (Phi) is 2.94. The van der Waals surface area contributed by atoms with Crippen LogP contribution in [0.2, 0.25) is 0 Å². The third-order valence-corrected chi connectivity index (χ3v) is 4.74. The van der Waals surface area contributed by atoms with Crippen molar-refractivity contribution in [2.24, 2.45) is 0 Å². The summed E-state index contributed by atoms with van der Waals surface area (Å²) in [5.41, 5.74) is 5.96. The molecule has 0 N–H and O–H groups in total. The highest BCUT2D eigenvalue weighted by molar-refractivity contribution is 9.10. The average molecular weight is 374 g/mol. The van der Waals surface area contributed by atoms with E-state index in [1.807, 2.05) is 54.7 Å². The van der Waals surface area contributed by atoms with Gasteiger partial charge < -0.3 is 0 Å². The Bertz CT molecular complexity index is 1210. The fourth-order valence-corrected chi connectivity index (χ4v) is 3.54. The fourth-order valence-electron chi connectivity index (χ4n) is 3.18. The van der Waals surface area contributed by atoms with Gasteiger partial charge in [-0.15, -0.1) is 0 Å². The van der Waals surface area contributed by atoms with E-state index in [9.17, 15) is 0 Å². The molecule has 0 spiro atoms. The molecule has 0 fully saturated rings. The molecule has 5 aromatic rings. The zero-order valence-electron chi connectivity index (χ0n) is 12.6. The average Bonchev–Trinajstić information content (AvgIpc) is 3.02. The van der Waals surface area contributed by atoms with Crippen LogP contribution in [0.4, 0.5) is 0 Å². The zero-order chi connectivity index (χ0) is 16.1. The number of hydrogen-bond donors (Lipinski definition) is 0. The molecule has 3 heterocycles. The van der Waals surface area contributed by atoms with Gasteiger partial charge in [-0.25, -0.2) is 9.97 Å². The van der Waals surface area contributed by atoms with Gasteiger partial charge >= 0.3 is 0 Å². The number of benzene rings is 2. The van der Waals surface area contributed by atoms with Crippen molar-refractivity contribution in [2.45, 2.75) is 0 Å². The highest BCUT2D eigenvalue weighted by atomic mass is 79.9. The van der Waals surface area contributed by atoms with E-state index in [4.69, 9.17) is 9.97 Å². The number of nitrogens with zero attached hydrogens (tertiary/aromatic N) is 3. The van der Waals surface area contributed by atoms with Crippen LogP contribution < -0.4 is 0 Å². The van der Waals surface area contributed by atoms with Gasteiger partial charge in [-0.2, -0.15) is 0 Å². The Labute approximate surface area is 146 Å². The normalized spacial score (nSPS) is 11.5. The lowest BCUT2D eigenvalue weighted by molar-refractivity contribution is 1.22. The van der Waals surface area contributed by atoms with E-state index in [1.54, 1.807) is 0 Å². The molecule has 0 amide bonds. The Morgan fingerprint density at radius 3 is 2.54 bits per heavy atom. The van der Waals surface area contributed by atoms with Gasteiger partial charge in [0, 0.05) is 21.6 Å². The first kappa shape index (κ1) is 13.7. The number of rotatable bonds is 1. The molecule has 3 aromatic heterocycles. The summed E-state index contributed by atoms with van der Waals surface area (Å²) in [4.78, 5) is 9.83. The number of imidazole rings is 1. The van der Waals surface area contributed by atoms with Crippen molar-refractivity contribution in [1.82, 2.24) is 14.4 Å². The first-order valence-corrected chi connectivity index (χ1v) is 8.52. The molecule has 0 unspecified atom stereocenters. The molecule has 114 valence electrons. The summed E-state index contributed by atoms with van der Waals surface area (Å²) in [5.74, 6) is 0. The van der Waals surface area contributed by atoms with Crippen LogP contribution in [0.3, 0.4) is 0 Å². The highest BCUT2D eigenvalue weighted by Crippen LogP contribution is 2.33. The molecule has 5 rings (SSSR count). The van der Waals surface area contributed by atoms with Gasteiger partial charge in [0.15, 0.2) is 0 Å². The summed E-state index contributed by atoms with van der Waals surface area (Å²) < 4.78 is 3.15. The molecule has 0 saturated heterocycles. The van der Waals surface area contributed by atoms with Crippen molar-refractivity contribution < 1.29 is 0 Å². The molecule has 0 aliphatic heterocycles. The van der Waals surface area contributed by atoms with Gasteiger partial charge in [-0.3, -0.25) is 4.40 Å². The number of aromatic nitrogens is 3. The molecule has 0 bridgehead atoms. The van der Waals surface area contributed by atoms with Crippen LogP contribution in [0.1, 0.15) is 0 Å². The Hall–Kier alpha value is -2.72. The summed E-state index contributed by atoms with van der Waals surface area (Å²) in [6.07, 6.45) is 2.04. The SMILES string of the molecule is Brc1ccc2nc(-c3ccccc3)c3c(nc4ccccn43)c2c1. The molecule has 0 aliphatic rings. The molecule has 0 atom stereocenters. The number of pyridine rings is 2. The number of halogens is 1. The quantitative estimate of drug-likeness (QED) is 0.390. The Morgan fingerprint density at radius 1 is 0.833 bits per heavy atom. The minimum atomic E-state index is 0.930. The second kappa shape index (κ2) is 5.14. The van der Waals surface area contributed by atoms with Crippen molar-refractivity contribution in [2.75, 3.05) is 0 Å². The maximum absolute atomic E-state index is 4.96. The van der Waals surface area contributed by atoms with Crippen LogP contribution >= 0.6 is 15.9 Å². The molecule has 0 radical (unpaired) electrons. The third-order valence-electron chi connectivity index (χ3n) is 4.25. The molecule has 2 aromatic carbocycles. The topological polar surface area (TPSA) is 30.2 Å². The largest absolute Gasteiger partial charge is 0.298 e. The highest BCUT2D eigenvalue weighted by Gasteiger charge is 2.16. The fraction of sp³-hybridized carbons (Fsp3) is 0. The monoisotopic (exact) mass is 373 g/mol. The van der Waals surface area contributed by atoms with Crippen LogP contribution in [-0.2, 0) is 0 Å². The van der Waals surface area contributed by atoms with Crippen LogP contribution in [0.5, 0.6) is 0 Å². The Morgan fingerprint density at radius 2 is 1.67 bits per heavy atom. The van der Waals surface area contributed by atoms with Crippen LogP contribution in [0, 0.1) is 0 Å². The third kappa shape index (κ3) is 1.96. The van der Waals surface area contributed by atoms with Crippen molar-refractivity contribution in [3.63, 3.8) is 0 Å². The van der Waals surface area contributed by atoms with Gasteiger partial charge in [0.05, 0.1) is 16.7 Å². The van der Waals surface area contributed by atoms with Gasteiger partial charge in [0.1, 0.15) is 11.2 Å². The van der Waals surface area contributed by atoms with Crippen LogP contribution in [0.25, 0.3) is 38.8 Å². The Balaban J connectivity index is 2.05. The minimum Gasteiger partial charge on any atom is -0.298 e. The molecule has 0 aliphatic carbocycles. The molecule has 3 nitrogen and oxygen atoms in total. The molecule has 24 heavy (non-hydrogen) atoms. The molecule has 4 heteroatoms. The first-order valence-electron chi connectivity index (χ1n) is 7.73. The molecular weight excluding hydrogens is 362 g/mol. The summed E-state index contributed by atoms with van der Waals surface area (Å²) in [6, 6.07) is 22.5. The van der Waals surface area contributed by atoms with E-state index in [-0.39, 0.29) is 0 Å². The standard InChI is InChI=1S/C20H12BrN3/c21-14-9-10-16-15(12-14)19-20(24-11-5-4-8-17(24)23-19)18(22-16)13-6-2-1-3-7-13/h1-12H. The summed E-state index contributed by atoms with van der Waals surface area (Å²) in [7, 11) is 0. The van der Waals surface area contributed by atoms with E-state index in [0.29, 0.717) is 0 Å². The maximum atomic E-state index is 4.96. The van der Waals surface area contributed by atoms with E-state index >= 15 is 0 Å². The van der Waals surface area contributed by atoms with E-state index in [1.165, 1.54) is 0 Å². The van der Waals surface area contributed by atoms with Crippen LogP contribution in [0.15, 0.2) is 77.4 Å². The van der Waals surface area contributed by atoms with Crippen molar-refractivity contribution in [1.29, 1.82) is 0 Å². The molecule has 0 saturated carbocycles. The van der Waals surface area contributed by atoms with E-state index < -0.39 is 0 Å². The molecular formula is C20H12BrN3. The zero-order valence-corrected chi connectivity index (χ0v) is 14.2. The lowest BCUT2D eigenvalue weighted by Crippen LogP contribution is -1.91. The van der Waals surface area contributed by atoms with Gasteiger partial charge in [0.25, 0.3) is 0 Å². The van der Waals surface area contributed by atoms with Crippen molar-refractivity contribution in [3.05, 3.63) is 77.4 Å². The number of fused-ring (bicyclic) bond motifs is 5. The number of hydrogen-bond acceptors (Lipinski definition) is 2. The van der Waals surface area contributed by atoms with Gasteiger partial charge in [0.2, 0.25) is 0 Å². The second-order valence-electron chi connectivity index (χ2n) is 5.73. The predicted octanol–water partition coefficient (Wildman–Crippen LogP) is 5.47. The summed E-state index contributed by atoms with van der Waals surface area (Å²) in [5, 5.41) is 1.06. The lowest BCUT2D eigenvalue weighted by Gasteiger charge is -2.07. The van der Waals surface area contributed by atoms with E-state index in [0.717, 1.165) is 43.3 Å². The summed E-state index contributed by atoms with van der Waals surface area (Å²) >= 11 is 3.56. The van der Waals surface area contributed by atoms with Gasteiger partial charge in [-0.1, -0.05) is 52.3 Å². The smallest absolute Gasteiger partial charge is 0.137 e. The minimum absolute atomic E-state index is 0.930. The van der Waals surface area contributed by atoms with Gasteiger partial charge in [-0.05, 0) is 30.3 Å². The maximum Gasteiger partial charge on any atom is 0.137 e. The second-order valence-corrected chi connectivity index (χ2v) is 6.64. The van der Waals surface area contributed by atoms with Crippen molar-refractivity contribution in [3.8, 4) is 11.3 Å². The van der Waals surface area contributed by atoms with Crippen molar-refractivity contribution >= 4 is 43.5 Å². The lowest BCUT2D eigenvalue weighted by atomic mass is 10.1. The van der Waals surface area contributed by atoms with Crippen LogP contribution in [-0.4, -0.2) is 14.4 Å².